The first-order valence-corrected chi connectivity index (χ1v) is 8.14. The lowest BCUT2D eigenvalue weighted by molar-refractivity contribution is 0.433. The molecule has 20 heavy (non-hydrogen) atoms. The van der Waals surface area contributed by atoms with Crippen LogP contribution in [0.15, 0.2) is 41.3 Å². The molecule has 2 N–H and O–H groups in total. The number of nitrogens with one attached hydrogen (secondary N) is 1. The minimum Gasteiger partial charge on any atom is -0.503 e. The highest BCUT2D eigenvalue weighted by atomic mass is 127. The highest BCUT2D eigenvalue weighted by Gasteiger charge is 2.18. The van der Waals surface area contributed by atoms with Gasteiger partial charge >= 0.3 is 0 Å². The van der Waals surface area contributed by atoms with Crippen LogP contribution in [0.5, 0.6) is 5.75 Å². The van der Waals surface area contributed by atoms with Crippen molar-refractivity contribution in [3.63, 3.8) is 0 Å². The minimum absolute atomic E-state index is 0.0430. The van der Waals surface area contributed by atoms with Crippen molar-refractivity contribution < 1.29 is 17.9 Å². The van der Waals surface area contributed by atoms with E-state index >= 15 is 0 Å². The van der Waals surface area contributed by atoms with Crippen LogP contribution in [0.25, 0.3) is 0 Å². The zero-order valence-corrected chi connectivity index (χ0v) is 13.4. The van der Waals surface area contributed by atoms with E-state index in [1.165, 1.54) is 24.3 Å². The van der Waals surface area contributed by atoms with Crippen molar-refractivity contribution in [1.82, 2.24) is 0 Å². The molecule has 0 aliphatic rings. The van der Waals surface area contributed by atoms with Crippen LogP contribution in [0.2, 0.25) is 0 Å². The second kappa shape index (κ2) is 5.57. The molecular formula is C13H11FINO3S. The van der Waals surface area contributed by atoms with E-state index in [2.05, 4.69) is 4.72 Å². The predicted octanol–water partition coefficient (Wildman–Crippen LogP) is 3.25. The zero-order valence-electron chi connectivity index (χ0n) is 10.4. The molecule has 0 atom stereocenters. The van der Waals surface area contributed by atoms with Crippen LogP contribution in [0.4, 0.5) is 10.1 Å². The SMILES string of the molecule is Cc1ccc(S(=O)(=O)Nc2ccc(I)c(F)c2O)cc1. The molecule has 0 fully saturated rings. The molecule has 0 aromatic heterocycles. The molecule has 0 saturated heterocycles. The maximum atomic E-state index is 13.5. The highest BCUT2D eigenvalue weighted by molar-refractivity contribution is 14.1. The predicted molar refractivity (Wildman–Crippen MR) is 82.8 cm³/mol. The van der Waals surface area contributed by atoms with E-state index < -0.39 is 21.6 Å². The lowest BCUT2D eigenvalue weighted by Gasteiger charge is -2.10. The van der Waals surface area contributed by atoms with Gasteiger partial charge in [0.2, 0.25) is 0 Å². The maximum absolute atomic E-state index is 13.5. The molecule has 0 radical (unpaired) electrons. The molecule has 2 aromatic rings. The number of phenolic OH excluding ortho intramolecular Hbond substituents is 1. The van der Waals surface area contributed by atoms with Gasteiger partial charge in [-0.25, -0.2) is 12.8 Å². The summed E-state index contributed by atoms with van der Waals surface area (Å²) >= 11 is 1.71. The number of benzene rings is 2. The van der Waals surface area contributed by atoms with Gasteiger partial charge in [-0.05, 0) is 53.8 Å². The Hall–Kier alpha value is -1.35. The number of anilines is 1. The molecular weight excluding hydrogens is 396 g/mol. The fourth-order valence-electron chi connectivity index (χ4n) is 1.54. The van der Waals surface area contributed by atoms with Gasteiger partial charge in [-0.2, -0.15) is 0 Å². The molecule has 0 heterocycles. The number of aromatic hydroxyl groups is 1. The lowest BCUT2D eigenvalue weighted by atomic mass is 10.2. The maximum Gasteiger partial charge on any atom is 0.262 e. The fourth-order valence-corrected chi connectivity index (χ4v) is 3.05. The van der Waals surface area contributed by atoms with E-state index in [1.54, 1.807) is 34.7 Å². The first-order chi connectivity index (χ1) is 9.31. The third kappa shape index (κ3) is 3.04. The largest absolute Gasteiger partial charge is 0.503 e. The molecule has 0 amide bonds. The van der Waals surface area contributed by atoms with Crippen LogP contribution in [0, 0.1) is 16.3 Å². The Morgan fingerprint density at radius 1 is 1.15 bits per heavy atom. The Bertz CT molecular complexity index is 745. The molecule has 0 unspecified atom stereocenters. The van der Waals surface area contributed by atoms with Crippen molar-refractivity contribution >= 4 is 38.3 Å². The summed E-state index contributed by atoms with van der Waals surface area (Å²) in [4.78, 5) is 0.0430. The number of hydrogen-bond donors (Lipinski definition) is 2. The van der Waals surface area contributed by atoms with Crippen molar-refractivity contribution in [3.8, 4) is 5.75 Å². The van der Waals surface area contributed by atoms with E-state index in [1.807, 2.05) is 6.92 Å². The summed E-state index contributed by atoms with van der Waals surface area (Å²) in [6, 6.07) is 8.88. The Labute approximate surface area is 129 Å². The topological polar surface area (TPSA) is 66.4 Å². The number of rotatable bonds is 3. The molecule has 4 nitrogen and oxygen atoms in total. The first-order valence-electron chi connectivity index (χ1n) is 5.58. The summed E-state index contributed by atoms with van der Waals surface area (Å²) in [5, 5.41) is 9.63. The summed E-state index contributed by atoms with van der Waals surface area (Å²) < 4.78 is 40.1. The van der Waals surface area contributed by atoms with Crippen LogP contribution >= 0.6 is 22.6 Å². The van der Waals surface area contributed by atoms with E-state index in [4.69, 9.17) is 0 Å². The number of sulfonamides is 1. The number of phenols is 1. The average molecular weight is 407 g/mol. The third-order valence-corrected chi connectivity index (χ3v) is 4.86. The number of hydrogen-bond acceptors (Lipinski definition) is 3. The summed E-state index contributed by atoms with van der Waals surface area (Å²) in [5.41, 5.74) is 0.732. The van der Waals surface area contributed by atoms with Crippen molar-refractivity contribution in [1.29, 1.82) is 0 Å². The number of halogens is 2. The monoisotopic (exact) mass is 407 g/mol. The van der Waals surface area contributed by atoms with Gasteiger partial charge in [0.05, 0.1) is 14.2 Å². The molecule has 2 rings (SSSR count). The summed E-state index contributed by atoms with van der Waals surface area (Å²) in [6.45, 7) is 1.84. The van der Waals surface area contributed by atoms with E-state index in [9.17, 15) is 17.9 Å². The van der Waals surface area contributed by atoms with Gasteiger partial charge in [0.1, 0.15) is 0 Å². The fraction of sp³-hybridized carbons (Fsp3) is 0.0769. The molecule has 0 saturated carbocycles. The molecule has 2 aromatic carbocycles. The van der Waals surface area contributed by atoms with Crippen molar-refractivity contribution in [2.45, 2.75) is 11.8 Å². The molecule has 0 aliphatic heterocycles. The summed E-state index contributed by atoms with van der Waals surface area (Å²) in [6.07, 6.45) is 0. The normalized spacial score (nSPS) is 11.3. The van der Waals surface area contributed by atoms with Crippen molar-refractivity contribution in [2.24, 2.45) is 0 Å². The van der Waals surface area contributed by atoms with Crippen LogP contribution in [0.1, 0.15) is 5.56 Å². The third-order valence-electron chi connectivity index (χ3n) is 2.64. The van der Waals surface area contributed by atoms with Crippen LogP contribution in [-0.2, 0) is 10.0 Å². The van der Waals surface area contributed by atoms with Gasteiger partial charge in [0, 0.05) is 0 Å². The van der Waals surface area contributed by atoms with Gasteiger partial charge in [-0.3, -0.25) is 4.72 Å². The summed E-state index contributed by atoms with van der Waals surface area (Å²) in [5.74, 6) is -1.57. The van der Waals surface area contributed by atoms with E-state index in [0.29, 0.717) is 0 Å². The molecule has 0 spiro atoms. The summed E-state index contributed by atoms with van der Waals surface area (Å²) in [7, 11) is -3.86. The smallest absolute Gasteiger partial charge is 0.262 e. The lowest BCUT2D eigenvalue weighted by Crippen LogP contribution is -2.13. The molecule has 0 bridgehead atoms. The van der Waals surface area contributed by atoms with Gasteiger partial charge < -0.3 is 5.11 Å². The van der Waals surface area contributed by atoms with Crippen molar-refractivity contribution in [2.75, 3.05) is 4.72 Å². The van der Waals surface area contributed by atoms with E-state index in [-0.39, 0.29) is 14.2 Å². The minimum atomic E-state index is -3.86. The van der Waals surface area contributed by atoms with Crippen molar-refractivity contribution in [3.05, 3.63) is 51.3 Å². The molecule has 0 aliphatic carbocycles. The molecule has 106 valence electrons. The quantitative estimate of drug-likeness (QED) is 0.607. The average Bonchev–Trinajstić information content (AvgIpc) is 2.40. The van der Waals surface area contributed by atoms with Gasteiger partial charge in [0.15, 0.2) is 11.6 Å². The Morgan fingerprint density at radius 3 is 2.35 bits per heavy atom. The van der Waals surface area contributed by atoms with Crippen LogP contribution in [0.3, 0.4) is 0 Å². The van der Waals surface area contributed by atoms with Gasteiger partial charge in [-0.15, -0.1) is 0 Å². The van der Waals surface area contributed by atoms with Crippen LogP contribution in [-0.4, -0.2) is 13.5 Å². The molecule has 7 heteroatoms. The van der Waals surface area contributed by atoms with Gasteiger partial charge in [-0.1, -0.05) is 17.7 Å². The Kier molecular flexibility index (Phi) is 4.19. The van der Waals surface area contributed by atoms with Crippen LogP contribution < -0.4 is 4.72 Å². The second-order valence-electron chi connectivity index (χ2n) is 4.18. The zero-order chi connectivity index (χ0) is 14.9. The van der Waals surface area contributed by atoms with Gasteiger partial charge in [0.25, 0.3) is 10.0 Å². The number of aryl methyl sites for hydroxylation is 1. The standard InChI is InChI=1S/C13H11FINO3S/c1-8-2-4-9(5-3-8)20(18,19)16-11-7-6-10(15)12(14)13(11)17/h2-7,16-17H,1H3. The Balaban J connectivity index is 2.38. The second-order valence-corrected chi connectivity index (χ2v) is 7.02. The Morgan fingerprint density at radius 2 is 1.75 bits per heavy atom. The van der Waals surface area contributed by atoms with E-state index in [0.717, 1.165) is 5.56 Å². The first kappa shape index (κ1) is 15.0. The highest BCUT2D eigenvalue weighted by Crippen LogP contribution is 2.31.